The summed E-state index contributed by atoms with van der Waals surface area (Å²) in [6.07, 6.45) is 3.63. The molecule has 0 aliphatic carbocycles. The molecule has 4 nitrogen and oxygen atoms in total. The van der Waals surface area contributed by atoms with Crippen LogP contribution in [0.2, 0.25) is 0 Å². The number of halogens is 1. The Bertz CT molecular complexity index is 502. The Balaban J connectivity index is 2.44. The van der Waals surface area contributed by atoms with E-state index < -0.39 is 11.8 Å². The average molecular weight is 290 g/mol. The van der Waals surface area contributed by atoms with E-state index in [0.717, 1.165) is 5.56 Å². The van der Waals surface area contributed by atoms with Gasteiger partial charge < -0.3 is 10.2 Å². The van der Waals surface area contributed by atoms with Gasteiger partial charge in [0, 0.05) is 19.6 Å². The van der Waals surface area contributed by atoms with Gasteiger partial charge in [-0.15, -0.1) is 13.2 Å². The molecule has 1 N–H and O–H groups in total. The molecule has 5 heteroatoms. The van der Waals surface area contributed by atoms with E-state index in [1.54, 1.807) is 24.3 Å². The lowest BCUT2D eigenvalue weighted by Gasteiger charge is -2.18. The first-order valence-corrected chi connectivity index (χ1v) is 6.61. The molecule has 0 unspecified atom stereocenters. The number of nitrogens with one attached hydrogen (secondary N) is 1. The van der Waals surface area contributed by atoms with Crippen molar-refractivity contribution in [2.75, 3.05) is 19.6 Å². The molecule has 1 aromatic carbocycles. The number of carbonyl (C=O) groups excluding carboxylic acids is 2. The first kappa shape index (κ1) is 16.6. The van der Waals surface area contributed by atoms with E-state index in [2.05, 4.69) is 18.5 Å². The third-order valence-corrected chi connectivity index (χ3v) is 2.79. The van der Waals surface area contributed by atoms with Crippen LogP contribution in [-0.4, -0.2) is 36.3 Å². The van der Waals surface area contributed by atoms with Crippen LogP contribution in [0, 0.1) is 5.82 Å². The van der Waals surface area contributed by atoms with E-state index in [0.29, 0.717) is 13.0 Å². The van der Waals surface area contributed by atoms with Gasteiger partial charge in [0.05, 0.1) is 0 Å². The molecule has 0 aromatic heterocycles. The zero-order valence-electron chi connectivity index (χ0n) is 11.8. The molecule has 0 bridgehead atoms. The Labute approximate surface area is 123 Å². The van der Waals surface area contributed by atoms with Crippen molar-refractivity contribution in [2.24, 2.45) is 0 Å². The quantitative estimate of drug-likeness (QED) is 0.613. The predicted octanol–water partition coefficient (Wildman–Crippen LogP) is 1.68. The molecule has 0 heterocycles. The smallest absolute Gasteiger partial charge is 0.312 e. The van der Waals surface area contributed by atoms with Crippen molar-refractivity contribution < 1.29 is 14.0 Å². The first-order valence-electron chi connectivity index (χ1n) is 6.61. The fourth-order valence-corrected chi connectivity index (χ4v) is 1.74. The van der Waals surface area contributed by atoms with Crippen molar-refractivity contribution in [3.63, 3.8) is 0 Å². The molecule has 0 aliphatic heterocycles. The van der Waals surface area contributed by atoms with Crippen LogP contribution in [0.1, 0.15) is 5.56 Å². The van der Waals surface area contributed by atoms with Gasteiger partial charge in [-0.25, -0.2) is 4.39 Å². The predicted molar refractivity (Wildman–Crippen MR) is 80.1 cm³/mol. The number of benzene rings is 1. The second-order valence-corrected chi connectivity index (χ2v) is 4.42. The van der Waals surface area contributed by atoms with E-state index >= 15 is 0 Å². The molecular weight excluding hydrogens is 271 g/mol. The van der Waals surface area contributed by atoms with E-state index in [1.807, 2.05) is 0 Å². The van der Waals surface area contributed by atoms with E-state index in [1.165, 1.54) is 17.0 Å². The van der Waals surface area contributed by atoms with Gasteiger partial charge in [-0.05, 0) is 24.1 Å². The van der Waals surface area contributed by atoms with Gasteiger partial charge in [0.1, 0.15) is 5.82 Å². The highest BCUT2D eigenvalue weighted by Crippen LogP contribution is 2.02. The van der Waals surface area contributed by atoms with Gasteiger partial charge in [-0.3, -0.25) is 9.59 Å². The van der Waals surface area contributed by atoms with Crippen molar-refractivity contribution in [3.05, 3.63) is 61.0 Å². The van der Waals surface area contributed by atoms with Gasteiger partial charge in [-0.2, -0.15) is 0 Å². The van der Waals surface area contributed by atoms with Crippen molar-refractivity contribution in [3.8, 4) is 0 Å². The standard InChI is InChI=1S/C16H19FN2O2/c1-3-11-19(12-4-2)16(21)15(20)18-10-9-13-5-7-14(17)8-6-13/h3-8H,1-2,9-12H2,(H,18,20). The van der Waals surface area contributed by atoms with Gasteiger partial charge in [0.25, 0.3) is 0 Å². The fourth-order valence-electron chi connectivity index (χ4n) is 1.74. The number of hydrogen-bond acceptors (Lipinski definition) is 2. The Morgan fingerprint density at radius 3 is 2.24 bits per heavy atom. The van der Waals surface area contributed by atoms with Crippen LogP contribution in [0.4, 0.5) is 4.39 Å². The minimum atomic E-state index is -0.666. The van der Waals surface area contributed by atoms with Crippen LogP contribution in [0.15, 0.2) is 49.6 Å². The van der Waals surface area contributed by atoms with Gasteiger partial charge >= 0.3 is 11.8 Å². The normalized spacial score (nSPS) is 9.76. The molecule has 0 spiro atoms. The molecule has 0 aliphatic rings. The van der Waals surface area contributed by atoms with Crippen LogP contribution >= 0.6 is 0 Å². The Morgan fingerprint density at radius 2 is 1.71 bits per heavy atom. The Kier molecular flexibility index (Phi) is 6.87. The average Bonchev–Trinajstić information content (AvgIpc) is 2.48. The summed E-state index contributed by atoms with van der Waals surface area (Å²) in [5.74, 6) is -1.59. The topological polar surface area (TPSA) is 49.4 Å². The summed E-state index contributed by atoms with van der Waals surface area (Å²) in [5.41, 5.74) is 0.887. The van der Waals surface area contributed by atoms with Crippen LogP contribution in [-0.2, 0) is 16.0 Å². The highest BCUT2D eigenvalue weighted by Gasteiger charge is 2.19. The molecule has 1 rings (SSSR count). The maximum absolute atomic E-state index is 12.7. The zero-order valence-corrected chi connectivity index (χ0v) is 11.8. The number of rotatable bonds is 7. The summed E-state index contributed by atoms with van der Waals surface area (Å²) in [5, 5.41) is 2.55. The van der Waals surface area contributed by atoms with Gasteiger partial charge in [0.15, 0.2) is 0 Å². The summed E-state index contributed by atoms with van der Waals surface area (Å²) in [4.78, 5) is 25.0. The molecule has 1 aromatic rings. The van der Waals surface area contributed by atoms with Crippen molar-refractivity contribution in [2.45, 2.75) is 6.42 Å². The second-order valence-electron chi connectivity index (χ2n) is 4.42. The third-order valence-electron chi connectivity index (χ3n) is 2.79. The number of nitrogens with zero attached hydrogens (tertiary/aromatic N) is 1. The highest BCUT2D eigenvalue weighted by atomic mass is 19.1. The van der Waals surface area contributed by atoms with Crippen LogP contribution in [0.3, 0.4) is 0 Å². The van der Waals surface area contributed by atoms with E-state index in [4.69, 9.17) is 0 Å². The van der Waals surface area contributed by atoms with Crippen molar-refractivity contribution in [1.82, 2.24) is 10.2 Å². The lowest BCUT2D eigenvalue weighted by atomic mass is 10.1. The summed E-state index contributed by atoms with van der Waals surface area (Å²) >= 11 is 0. The summed E-state index contributed by atoms with van der Waals surface area (Å²) in [6, 6.07) is 6.01. The fraction of sp³-hybridized carbons (Fsp3) is 0.250. The summed E-state index contributed by atoms with van der Waals surface area (Å²) < 4.78 is 12.7. The maximum Gasteiger partial charge on any atom is 0.312 e. The molecule has 0 saturated heterocycles. The minimum absolute atomic E-state index is 0.288. The molecule has 2 amide bonds. The van der Waals surface area contributed by atoms with Gasteiger partial charge in [0.2, 0.25) is 0 Å². The van der Waals surface area contributed by atoms with Crippen molar-refractivity contribution in [1.29, 1.82) is 0 Å². The summed E-state index contributed by atoms with van der Waals surface area (Å²) in [7, 11) is 0. The zero-order chi connectivity index (χ0) is 15.7. The SMILES string of the molecule is C=CCN(CC=C)C(=O)C(=O)NCCc1ccc(F)cc1. The van der Waals surface area contributed by atoms with Crippen molar-refractivity contribution >= 4 is 11.8 Å². The molecule has 112 valence electrons. The van der Waals surface area contributed by atoms with Crippen LogP contribution in [0.25, 0.3) is 0 Å². The Hall–Kier alpha value is -2.43. The molecule has 21 heavy (non-hydrogen) atoms. The largest absolute Gasteiger partial charge is 0.347 e. The lowest BCUT2D eigenvalue weighted by molar-refractivity contribution is -0.145. The monoisotopic (exact) mass is 290 g/mol. The Morgan fingerprint density at radius 1 is 1.14 bits per heavy atom. The summed E-state index contributed by atoms with van der Waals surface area (Å²) in [6.45, 7) is 7.97. The van der Waals surface area contributed by atoms with Crippen LogP contribution in [0.5, 0.6) is 0 Å². The molecule has 0 saturated carbocycles. The lowest BCUT2D eigenvalue weighted by Crippen LogP contribution is -2.43. The number of amides is 2. The van der Waals surface area contributed by atoms with E-state index in [-0.39, 0.29) is 18.9 Å². The highest BCUT2D eigenvalue weighted by molar-refractivity contribution is 6.35. The number of carbonyl (C=O) groups is 2. The van der Waals surface area contributed by atoms with E-state index in [9.17, 15) is 14.0 Å². The maximum atomic E-state index is 12.7. The molecule has 0 atom stereocenters. The molecular formula is C16H19FN2O2. The third kappa shape index (κ3) is 5.60. The second kappa shape index (κ2) is 8.68. The van der Waals surface area contributed by atoms with Crippen LogP contribution < -0.4 is 5.32 Å². The first-order chi connectivity index (χ1) is 10.1. The molecule has 0 fully saturated rings. The number of hydrogen-bond donors (Lipinski definition) is 1. The molecule has 0 radical (unpaired) electrons. The van der Waals surface area contributed by atoms with Gasteiger partial charge in [-0.1, -0.05) is 24.3 Å². The minimum Gasteiger partial charge on any atom is -0.347 e.